The maximum atomic E-state index is 11.6. The van der Waals surface area contributed by atoms with Crippen LogP contribution < -0.4 is 0 Å². The predicted molar refractivity (Wildman–Crippen MR) is 67.1 cm³/mol. The van der Waals surface area contributed by atoms with E-state index < -0.39 is 0 Å². The van der Waals surface area contributed by atoms with Crippen LogP contribution in [0.5, 0.6) is 0 Å². The summed E-state index contributed by atoms with van der Waals surface area (Å²) in [7, 11) is 0. The molecule has 3 heteroatoms. The lowest BCUT2D eigenvalue weighted by Gasteiger charge is -2.07. The Bertz CT molecular complexity index is 341. The molecule has 0 fully saturated rings. The monoisotopic (exact) mass is 236 g/mol. The Kier molecular flexibility index (Phi) is 5.70. The summed E-state index contributed by atoms with van der Waals surface area (Å²) in [6, 6.07) is 7.33. The third-order valence-electron chi connectivity index (χ3n) is 2.20. The first-order valence-corrected chi connectivity index (χ1v) is 5.91. The van der Waals surface area contributed by atoms with Gasteiger partial charge in [0.1, 0.15) is 6.61 Å². The van der Waals surface area contributed by atoms with E-state index in [1.807, 2.05) is 19.1 Å². The van der Waals surface area contributed by atoms with Crippen LogP contribution >= 0.6 is 0 Å². The average Bonchev–Trinajstić information content (AvgIpc) is 2.29. The van der Waals surface area contributed by atoms with Gasteiger partial charge in [-0.15, -0.1) is 0 Å². The van der Waals surface area contributed by atoms with Crippen molar-refractivity contribution >= 4 is 5.97 Å². The van der Waals surface area contributed by atoms with Gasteiger partial charge in [0, 0.05) is 6.61 Å². The predicted octanol–water partition coefficient (Wildman–Crippen LogP) is 2.82. The van der Waals surface area contributed by atoms with Crippen LogP contribution in [0.4, 0.5) is 0 Å². The van der Waals surface area contributed by atoms with Gasteiger partial charge in [0.25, 0.3) is 0 Å². The second-order valence-electron chi connectivity index (χ2n) is 4.47. The minimum atomic E-state index is -0.293. The molecule has 0 aliphatic rings. The number of ether oxygens (including phenoxy) is 2. The van der Waals surface area contributed by atoms with Crippen LogP contribution in [0.25, 0.3) is 0 Å². The fourth-order valence-electron chi connectivity index (χ4n) is 1.29. The maximum Gasteiger partial charge on any atom is 0.338 e. The molecule has 94 valence electrons. The lowest BCUT2D eigenvalue weighted by molar-refractivity contribution is 0.0277. The zero-order chi connectivity index (χ0) is 12.7. The second-order valence-corrected chi connectivity index (χ2v) is 4.47. The fourth-order valence-corrected chi connectivity index (χ4v) is 1.29. The van der Waals surface area contributed by atoms with Gasteiger partial charge in [-0.2, -0.15) is 0 Å². The van der Waals surface area contributed by atoms with E-state index in [2.05, 4.69) is 13.8 Å². The molecule has 0 bridgehead atoms. The van der Waals surface area contributed by atoms with Crippen LogP contribution in [0.3, 0.4) is 0 Å². The summed E-state index contributed by atoms with van der Waals surface area (Å²) in [5.74, 6) is 0.209. The van der Waals surface area contributed by atoms with E-state index in [1.54, 1.807) is 12.1 Å². The highest BCUT2D eigenvalue weighted by molar-refractivity contribution is 5.89. The number of hydrogen-bond donors (Lipinski definition) is 0. The minimum Gasteiger partial charge on any atom is -0.460 e. The van der Waals surface area contributed by atoms with Gasteiger partial charge < -0.3 is 9.47 Å². The minimum absolute atomic E-state index is 0.293. The molecule has 17 heavy (non-hydrogen) atoms. The van der Waals surface area contributed by atoms with Crippen molar-refractivity contribution in [1.29, 1.82) is 0 Å². The van der Waals surface area contributed by atoms with Crippen LogP contribution in [0.15, 0.2) is 24.3 Å². The van der Waals surface area contributed by atoms with Crippen molar-refractivity contribution in [3.63, 3.8) is 0 Å². The number of carbonyl (C=O) groups excluding carboxylic acids is 1. The molecule has 0 aromatic heterocycles. The lowest BCUT2D eigenvalue weighted by Crippen LogP contribution is -2.12. The average molecular weight is 236 g/mol. The van der Waals surface area contributed by atoms with Crippen molar-refractivity contribution in [2.24, 2.45) is 5.92 Å². The molecule has 0 heterocycles. The molecule has 0 atom stereocenters. The van der Waals surface area contributed by atoms with Crippen molar-refractivity contribution in [2.45, 2.75) is 20.8 Å². The van der Waals surface area contributed by atoms with E-state index in [1.165, 1.54) is 0 Å². The summed E-state index contributed by atoms with van der Waals surface area (Å²) in [5, 5.41) is 0. The first-order valence-electron chi connectivity index (χ1n) is 5.91. The molecule has 0 amide bonds. The van der Waals surface area contributed by atoms with E-state index in [9.17, 15) is 4.79 Å². The zero-order valence-electron chi connectivity index (χ0n) is 10.7. The summed E-state index contributed by atoms with van der Waals surface area (Å²) < 4.78 is 10.4. The van der Waals surface area contributed by atoms with Gasteiger partial charge in [-0.05, 0) is 25.0 Å². The molecule has 0 spiro atoms. The molecule has 0 saturated heterocycles. The van der Waals surface area contributed by atoms with Gasteiger partial charge in [0.15, 0.2) is 0 Å². The number of esters is 1. The molecule has 1 rings (SSSR count). The second kappa shape index (κ2) is 7.07. The highest BCUT2D eigenvalue weighted by atomic mass is 16.6. The molecule has 3 nitrogen and oxygen atoms in total. The molecule has 0 aliphatic carbocycles. The van der Waals surface area contributed by atoms with Gasteiger partial charge in [-0.3, -0.25) is 0 Å². The zero-order valence-corrected chi connectivity index (χ0v) is 10.7. The molecule has 1 aromatic carbocycles. The smallest absolute Gasteiger partial charge is 0.338 e. The Morgan fingerprint density at radius 1 is 1.18 bits per heavy atom. The Labute approximate surface area is 103 Å². The summed E-state index contributed by atoms with van der Waals surface area (Å²) >= 11 is 0. The van der Waals surface area contributed by atoms with E-state index in [-0.39, 0.29) is 5.97 Å². The maximum absolute atomic E-state index is 11.6. The first-order chi connectivity index (χ1) is 8.09. The van der Waals surface area contributed by atoms with Gasteiger partial charge in [0.05, 0.1) is 12.2 Å². The summed E-state index contributed by atoms with van der Waals surface area (Å²) in [4.78, 5) is 11.6. The third-order valence-corrected chi connectivity index (χ3v) is 2.20. The highest BCUT2D eigenvalue weighted by Gasteiger charge is 2.05. The van der Waals surface area contributed by atoms with Crippen molar-refractivity contribution in [3.05, 3.63) is 35.4 Å². The number of carbonyl (C=O) groups is 1. The van der Waals surface area contributed by atoms with E-state index in [4.69, 9.17) is 9.47 Å². The van der Waals surface area contributed by atoms with Crippen LogP contribution in [0.1, 0.15) is 29.8 Å². The number of rotatable bonds is 6. The Balaban J connectivity index is 2.23. The summed E-state index contributed by atoms with van der Waals surface area (Å²) in [6.07, 6.45) is 0. The van der Waals surface area contributed by atoms with Crippen molar-refractivity contribution in [1.82, 2.24) is 0 Å². The Morgan fingerprint density at radius 3 is 2.41 bits per heavy atom. The van der Waals surface area contributed by atoms with Crippen LogP contribution in [0, 0.1) is 12.8 Å². The van der Waals surface area contributed by atoms with Crippen LogP contribution in [-0.2, 0) is 9.47 Å². The van der Waals surface area contributed by atoms with Crippen molar-refractivity contribution in [3.8, 4) is 0 Å². The van der Waals surface area contributed by atoms with E-state index in [0.717, 1.165) is 5.56 Å². The lowest BCUT2D eigenvalue weighted by atomic mass is 10.1. The van der Waals surface area contributed by atoms with Gasteiger partial charge in [0.2, 0.25) is 0 Å². The fraction of sp³-hybridized carbons (Fsp3) is 0.500. The topological polar surface area (TPSA) is 35.5 Å². The van der Waals surface area contributed by atoms with Gasteiger partial charge in [-0.1, -0.05) is 31.5 Å². The highest BCUT2D eigenvalue weighted by Crippen LogP contribution is 2.04. The number of aryl methyl sites for hydroxylation is 1. The van der Waals surface area contributed by atoms with Crippen molar-refractivity contribution < 1.29 is 14.3 Å². The van der Waals surface area contributed by atoms with Gasteiger partial charge in [-0.25, -0.2) is 4.79 Å². The van der Waals surface area contributed by atoms with E-state index >= 15 is 0 Å². The quantitative estimate of drug-likeness (QED) is 0.563. The molecule has 0 radical (unpaired) electrons. The normalized spacial score (nSPS) is 10.6. The molecule has 1 aromatic rings. The van der Waals surface area contributed by atoms with E-state index in [0.29, 0.717) is 31.3 Å². The standard InChI is InChI=1S/C14H20O3/c1-11(2)10-16-8-9-17-14(15)13-6-4-12(3)5-7-13/h4-7,11H,8-10H2,1-3H3. The first kappa shape index (κ1) is 13.7. The molecular weight excluding hydrogens is 216 g/mol. The number of hydrogen-bond acceptors (Lipinski definition) is 3. The number of benzene rings is 1. The molecular formula is C14H20O3. The molecule has 0 unspecified atom stereocenters. The third kappa shape index (κ3) is 5.50. The van der Waals surface area contributed by atoms with Crippen LogP contribution in [-0.4, -0.2) is 25.8 Å². The summed E-state index contributed by atoms with van der Waals surface area (Å²) in [5.41, 5.74) is 1.71. The Hall–Kier alpha value is -1.35. The molecule has 0 saturated carbocycles. The largest absolute Gasteiger partial charge is 0.460 e. The molecule has 0 N–H and O–H groups in total. The van der Waals surface area contributed by atoms with Gasteiger partial charge >= 0.3 is 5.97 Å². The molecule has 0 aliphatic heterocycles. The Morgan fingerprint density at radius 2 is 1.82 bits per heavy atom. The summed E-state index contributed by atoms with van der Waals surface area (Å²) in [6.45, 7) is 7.60. The SMILES string of the molecule is Cc1ccc(C(=O)OCCOCC(C)C)cc1. The van der Waals surface area contributed by atoms with Crippen LogP contribution in [0.2, 0.25) is 0 Å². The van der Waals surface area contributed by atoms with Crippen molar-refractivity contribution in [2.75, 3.05) is 19.8 Å².